The van der Waals surface area contributed by atoms with E-state index in [1.54, 1.807) is 0 Å². The maximum Gasteiger partial charge on any atom is -0.0276 e. The van der Waals surface area contributed by atoms with E-state index in [1.165, 1.54) is 44.9 Å². The molecule has 0 bridgehead atoms. The highest BCUT2D eigenvalue weighted by atomic mass is 14.0. The lowest BCUT2D eigenvalue weighted by atomic mass is 10.1. The second kappa shape index (κ2) is 7.15. The molecule has 0 aromatic carbocycles. The number of hydrogen-bond donors (Lipinski definition) is 0. The molecule has 0 fully saturated rings. The first-order valence-electron chi connectivity index (χ1n) is 5.22. The molecule has 67 valence electrons. The van der Waals surface area contributed by atoms with Crippen LogP contribution < -0.4 is 0 Å². The molecule has 0 heterocycles. The molecule has 0 N–H and O–H groups in total. The van der Waals surface area contributed by atoms with Gasteiger partial charge in [-0.25, -0.2) is 0 Å². The Balaban J connectivity index is 2.21. The Morgan fingerprint density at radius 2 is 1.58 bits per heavy atom. The van der Waals surface area contributed by atoms with Gasteiger partial charge in [0.15, 0.2) is 0 Å². The van der Waals surface area contributed by atoms with Gasteiger partial charge in [-0.3, -0.25) is 0 Å². The Hall–Kier alpha value is -0.520. The predicted octanol–water partition coefficient (Wildman–Crippen LogP) is 4.04. The highest BCUT2D eigenvalue weighted by Crippen LogP contribution is 2.09. The molecule has 0 aromatic rings. The SMILES string of the molecule is [C]1=C/C=C\CCCCCCCC/1. The summed E-state index contributed by atoms with van der Waals surface area (Å²) in [4.78, 5) is 0. The van der Waals surface area contributed by atoms with Crippen molar-refractivity contribution in [1.29, 1.82) is 0 Å². The van der Waals surface area contributed by atoms with Gasteiger partial charge in [0.1, 0.15) is 0 Å². The Labute approximate surface area is 76.4 Å². The summed E-state index contributed by atoms with van der Waals surface area (Å²) in [6, 6.07) is 0. The Kier molecular flexibility index (Phi) is 5.70. The fourth-order valence-electron chi connectivity index (χ4n) is 1.51. The standard InChI is InChI=1S/C12H19/c1-2-4-6-8-10-12-11-9-7-5-3-1/h1-3H,4,6-12H2/b2-1-,5-3?. The third-order valence-electron chi connectivity index (χ3n) is 2.29. The molecule has 0 heteroatoms. The van der Waals surface area contributed by atoms with Gasteiger partial charge in [-0.15, -0.1) is 0 Å². The Morgan fingerprint density at radius 3 is 2.50 bits per heavy atom. The van der Waals surface area contributed by atoms with Crippen molar-refractivity contribution in [1.82, 2.24) is 0 Å². The van der Waals surface area contributed by atoms with E-state index in [0.29, 0.717) is 0 Å². The van der Waals surface area contributed by atoms with E-state index in [1.807, 2.05) is 0 Å². The molecule has 0 aliphatic heterocycles. The van der Waals surface area contributed by atoms with Gasteiger partial charge in [-0.1, -0.05) is 43.9 Å². The van der Waals surface area contributed by atoms with Crippen LogP contribution >= 0.6 is 0 Å². The summed E-state index contributed by atoms with van der Waals surface area (Å²) >= 11 is 0. The predicted molar refractivity (Wildman–Crippen MR) is 53.9 cm³/mol. The maximum absolute atomic E-state index is 3.29. The van der Waals surface area contributed by atoms with Gasteiger partial charge in [0, 0.05) is 0 Å². The van der Waals surface area contributed by atoms with Gasteiger partial charge in [0.2, 0.25) is 0 Å². The van der Waals surface area contributed by atoms with E-state index >= 15 is 0 Å². The van der Waals surface area contributed by atoms with Crippen LogP contribution in [0.25, 0.3) is 0 Å². The minimum absolute atomic E-state index is 1.14. The molecule has 1 aliphatic rings. The van der Waals surface area contributed by atoms with Crippen LogP contribution in [0.4, 0.5) is 0 Å². The second-order valence-electron chi connectivity index (χ2n) is 3.46. The van der Waals surface area contributed by atoms with Crippen molar-refractivity contribution in [3.05, 3.63) is 24.3 Å². The monoisotopic (exact) mass is 163 g/mol. The first-order chi connectivity index (χ1) is 6.00. The zero-order valence-electron chi connectivity index (χ0n) is 7.89. The van der Waals surface area contributed by atoms with Crippen LogP contribution in [0, 0.1) is 6.08 Å². The summed E-state index contributed by atoms with van der Waals surface area (Å²) in [5, 5.41) is 0. The van der Waals surface area contributed by atoms with Gasteiger partial charge >= 0.3 is 0 Å². The van der Waals surface area contributed by atoms with Gasteiger partial charge in [0.25, 0.3) is 0 Å². The fourth-order valence-corrected chi connectivity index (χ4v) is 1.51. The van der Waals surface area contributed by atoms with Crippen LogP contribution in [-0.4, -0.2) is 0 Å². The minimum Gasteiger partial charge on any atom is -0.0845 e. The molecule has 0 saturated carbocycles. The highest BCUT2D eigenvalue weighted by Gasteiger charge is 1.90. The van der Waals surface area contributed by atoms with Crippen LogP contribution in [-0.2, 0) is 0 Å². The zero-order valence-corrected chi connectivity index (χ0v) is 7.89. The van der Waals surface area contributed by atoms with Crippen LogP contribution in [0.3, 0.4) is 0 Å². The summed E-state index contributed by atoms with van der Waals surface area (Å²) in [5.74, 6) is 0. The lowest BCUT2D eigenvalue weighted by molar-refractivity contribution is 0.597. The van der Waals surface area contributed by atoms with Crippen molar-refractivity contribution >= 4 is 0 Å². The van der Waals surface area contributed by atoms with E-state index in [4.69, 9.17) is 0 Å². The lowest BCUT2D eigenvalue weighted by Gasteiger charge is -1.99. The molecule has 1 aliphatic carbocycles. The second-order valence-corrected chi connectivity index (χ2v) is 3.46. The van der Waals surface area contributed by atoms with Gasteiger partial charge in [-0.2, -0.15) is 0 Å². The molecule has 0 nitrogen and oxygen atoms in total. The average Bonchev–Trinajstić information content (AvgIpc) is 2.05. The quantitative estimate of drug-likeness (QED) is 0.505. The average molecular weight is 163 g/mol. The summed E-state index contributed by atoms with van der Waals surface area (Å²) in [6.45, 7) is 0. The smallest absolute Gasteiger partial charge is 0.0276 e. The van der Waals surface area contributed by atoms with E-state index in [2.05, 4.69) is 24.3 Å². The summed E-state index contributed by atoms with van der Waals surface area (Å²) in [5.41, 5.74) is 0. The topological polar surface area (TPSA) is 0 Å². The van der Waals surface area contributed by atoms with Gasteiger partial charge in [0.05, 0.1) is 0 Å². The molecule has 0 spiro atoms. The highest BCUT2D eigenvalue weighted by molar-refractivity contribution is 4.98. The number of rotatable bonds is 0. The van der Waals surface area contributed by atoms with E-state index in [9.17, 15) is 0 Å². The van der Waals surface area contributed by atoms with Gasteiger partial charge in [-0.05, 0) is 31.8 Å². The molecule has 1 radical (unpaired) electrons. The number of allylic oxidation sites excluding steroid dienone is 4. The van der Waals surface area contributed by atoms with Crippen molar-refractivity contribution in [2.45, 2.75) is 51.4 Å². The largest absolute Gasteiger partial charge is 0.0845 e. The fraction of sp³-hybridized carbons (Fsp3) is 0.667. The van der Waals surface area contributed by atoms with Crippen molar-refractivity contribution in [3.8, 4) is 0 Å². The van der Waals surface area contributed by atoms with Crippen molar-refractivity contribution in [3.63, 3.8) is 0 Å². The van der Waals surface area contributed by atoms with Crippen LogP contribution in [0.1, 0.15) is 51.4 Å². The first-order valence-corrected chi connectivity index (χ1v) is 5.22. The first kappa shape index (κ1) is 9.57. The third-order valence-corrected chi connectivity index (χ3v) is 2.29. The Morgan fingerprint density at radius 1 is 0.833 bits per heavy atom. The van der Waals surface area contributed by atoms with Crippen molar-refractivity contribution in [2.75, 3.05) is 0 Å². The molecule has 0 amide bonds. The molecule has 0 unspecified atom stereocenters. The van der Waals surface area contributed by atoms with Gasteiger partial charge < -0.3 is 0 Å². The summed E-state index contributed by atoms with van der Waals surface area (Å²) < 4.78 is 0. The van der Waals surface area contributed by atoms with Crippen molar-refractivity contribution in [2.24, 2.45) is 0 Å². The minimum atomic E-state index is 1.14. The third kappa shape index (κ3) is 5.17. The summed E-state index contributed by atoms with van der Waals surface area (Å²) in [6.07, 6.45) is 20.5. The Bertz CT molecular complexity index is 124. The molecule has 0 aromatic heterocycles. The van der Waals surface area contributed by atoms with E-state index in [0.717, 1.165) is 6.42 Å². The molecule has 1 rings (SSSR count). The molecule has 0 saturated heterocycles. The van der Waals surface area contributed by atoms with Crippen molar-refractivity contribution < 1.29 is 0 Å². The molecular weight excluding hydrogens is 144 g/mol. The molecular formula is C12H19. The maximum atomic E-state index is 3.29. The zero-order chi connectivity index (χ0) is 8.49. The van der Waals surface area contributed by atoms with E-state index in [-0.39, 0.29) is 0 Å². The van der Waals surface area contributed by atoms with Crippen LogP contribution in [0.5, 0.6) is 0 Å². The summed E-state index contributed by atoms with van der Waals surface area (Å²) in [7, 11) is 0. The number of hydrogen-bond acceptors (Lipinski definition) is 0. The van der Waals surface area contributed by atoms with E-state index < -0.39 is 0 Å². The normalized spacial score (nSPS) is 26.7. The van der Waals surface area contributed by atoms with Crippen LogP contribution in [0.2, 0.25) is 0 Å². The van der Waals surface area contributed by atoms with Crippen LogP contribution in [0.15, 0.2) is 18.2 Å². The molecule has 0 atom stereocenters. The lowest BCUT2D eigenvalue weighted by Crippen LogP contribution is -1.80. The molecule has 12 heavy (non-hydrogen) atoms.